The molecule has 2 N–H and O–H groups in total. The van der Waals surface area contributed by atoms with Crippen molar-refractivity contribution < 1.29 is 19.3 Å². The summed E-state index contributed by atoms with van der Waals surface area (Å²) >= 11 is 0. The third-order valence-electron chi connectivity index (χ3n) is 4.24. The molecule has 1 aliphatic heterocycles. The minimum absolute atomic E-state index is 0.123. The molecule has 1 atom stereocenters. The molecule has 0 bridgehead atoms. The van der Waals surface area contributed by atoms with Gasteiger partial charge in [0.05, 0.1) is 16.2 Å². The molecule has 9 heteroatoms. The van der Waals surface area contributed by atoms with Crippen molar-refractivity contribution in [1.29, 1.82) is 0 Å². The van der Waals surface area contributed by atoms with Gasteiger partial charge >= 0.3 is 6.03 Å². The predicted octanol–water partition coefficient (Wildman–Crippen LogP) is 2.20. The molecule has 1 aliphatic rings. The van der Waals surface area contributed by atoms with Crippen molar-refractivity contribution in [2.24, 2.45) is 5.92 Å². The maximum atomic E-state index is 12.5. The van der Waals surface area contributed by atoms with Crippen LogP contribution in [0.1, 0.15) is 32.8 Å². The fourth-order valence-corrected chi connectivity index (χ4v) is 3.14. The monoisotopic (exact) mass is 362 g/mol. The second-order valence-electron chi connectivity index (χ2n) is 7.01. The summed E-state index contributed by atoms with van der Waals surface area (Å²) in [4.78, 5) is 48.2. The summed E-state index contributed by atoms with van der Waals surface area (Å²) in [7, 11) is 0. The molecule has 1 saturated heterocycles. The van der Waals surface area contributed by atoms with E-state index in [-0.39, 0.29) is 17.3 Å². The van der Waals surface area contributed by atoms with Crippen LogP contribution in [-0.4, -0.2) is 39.8 Å². The molecule has 0 aromatic heterocycles. The Bertz CT molecular complexity index is 776. The van der Waals surface area contributed by atoms with E-state index in [0.717, 1.165) is 4.90 Å². The Morgan fingerprint density at radius 1 is 1.38 bits per heavy atom. The van der Waals surface area contributed by atoms with Gasteiger partial charge in [0.1, 0.15) is 12.1 Å². The summed E-state index contributed by atoms with van der Waals surface area (Å²) in [6, 6.07) is 3.69. The van der Waals surface area contributed by atoms with E-state index in [1.54, 1.807) is 6.92 Å². The van der Waals surface area contributed by atoms with Gasteiger partial charge in [-0.1, -0.05) is 19.9 Å². The van der Waals surface area contributed by atoms with E-state index in [4.69, 9.17) is 0 Å². The summed E-state index contributed by atoms with van der Waals surface area (Å²) in [5.74, 6) is -0.876. The lowest BCUT2D eigenvalue weighted by Crippen LogP contribution is -2.45. The minimum Gasteiger partial charge on any atom is -0.324 e. The summed E-state index contributed by atoms with van der Waals surface area (Å²) in [6.45, 7) is 6.56. The highest BCUT2D eigenvalue weighted by atomic mass is 16.6. The van der Waals surface area contributed by atoms with Crippen LogP contribution in [0.2, 0.25) is 0 Å². The van der Waals surface area contributed by atoms with Gasteiger partial charge in [-0.15, -0.1) is 0 Å². The van der Waals surface area contributed by atoms with Crippen LogP contribution in [0, 0.1) is 23.0 Å². The van der Waals surface area contributed by atoms with E-state index in [9.17, 15) is 24.5 Å². The largest absolute Gasteiger partial charge is 0.325 e. The zero-order chi connectivity index (χ0) is 19.6. The average molecular weight is 362 g/mol. The number of amides is 4. The molecule has 1 aromatic carbocycles. The first-order valence-electron chi connectivity index (χ1n) is 8.23. The Kier molecular flexibility index (Phi) is 5.29. The Morgan fingerprint density at radius 2 is 2.04 bits per heavy atom. The molecule has 0 spiro atoms. The Balaban J connectivity index is 2.11. The normalized spacial score (nSPS) is 19.7. The maximum absolute atomic E-state index is 12.5. The summed E-state index contributed by atoms with van der Waals surface area (Å²) < 4.78 is 0. The quantitative estimate of drug-likeness (QED) is 0.456. The highest BCUT2D eigenvalue weighted by molar-refractivity contribution is 6.10. The van der Waals surface area contributed by atoms with E-state index in [1.807, 2.05) is 13.8 Å². The predicted molar refractivity (Wildman–Crippen MR) is 94.6 cm³/mol. The summed E-state index contributed by atoms with van der Waals surface area (Å²) in [5, 5.41) is 16.1. The number of carbonyl (C=O) groups is 3. The van der Waals surface area contributed by atoms with Gasteiger partial charge in [0.25, 0.3) is 11.6 Å². The van der Waals surface area contributed by atoms with Gasteiger partial charge in [0.2, 0.25) is 5.91 Å². The number of rotatable bonds is 6. The van der Waals surface area contributed by atoms with Gasteiger partial charge in [-0.2, -0.15) is 0 Å². The number of hydrogen-bond donors (Lipinski definition) is 2. The first-order chi connectivity index (χ1) is 12.0. The number of nitro benzene ring substituents is 1. The van der Waals surface area contributed by atoms with Crippen LogP contribution in [0.5, 0.6) is 0 Å². The van der Waals surface area contributed by atoms with E-state index >= 15 is 0 Å². The zero-order valence-corrected chi connectivity index (χ0v) is 15.2. The molecule has 140 valence electrons. The van der Waals surface area contributed by atoms with E-state index in [2.05, 4.69) is 10.6 Å². The van der Waals surface area contributed by atoms with Crippen molar-refractivity contribution in [3.8, 4) is 0 Å². The second kappa shape index (κ2) is 7.11. The smallest absolute Gasteiger partial charge is 0.324 e. The SMILES string of the molecule is Cc1c(NC(=O)CN2C(=O)N[C@](C)(CC(C)C)C2=O)cccc1[N+](=O)[O-]. The van der Waals surface area contributed by atoms with E-state index < -0.39 is 34.9 Å². The minimum atomic E-state index is -1.03. The summed E-state index contributed by atoms with van der Waals surface area (Å²) in [5.41, 5.74) is -0.594. The van der Waals surface area contributed by atoms with Crippen LogP contribution < -0.4 is 10.6 Å². The van der Waals surface area contributed by atoms with Gasteiger partial charge in [0.15, 0.2) is 0 Å². The number of nitrogens with zero attached hydrogens (tertiary/aromatic N) is 2. The van der Waals surface area contributed by atoms with Crippen LogP contribution >= 0.6 is 0 Å². The molecule has 0 aliphatic carbocycles. The molecule has 0 unspecified atom stereocenters. The highest BCUT2D eigenvalue weighted by Crippen LogP contribution is 2.26. The topological polar surface area (TPSA) is 122 Å². The summed E-state index contributed by atoms with van der Waals surface area (Å²) in [6.07, 6.45) is 0.458. The van der Waals surface area contributed by atoms with E-state index in [0.29, 0.717) is 12.0 Å². The van der Waals surface area contributed by atoms with Crippen molar-refractivity contribution in [3.63, 3.8) is 0 Å². The second-order valence-corrected chi connectivity index (χ2v) is 7.01. The lowest BCUT2D eigenvalue weighted by atomic mass is 9.91. The number of benzene rings is 1. The molecule has 1 heterocycles. The van der Waals surface area contributed by atoms with Crippen molar-refractivity contribution in [3.05, 3.63) is 33.9 Å². The highest BCUT2D eigenvalue weighted by Gasteiger charge is 2.48. The first-order valence-corrected chi connectivity index (χ1v) is 8.23. The molecule has 1 fully saturated rings. The van der Waals surface area contributed by atoms with E-state index in [1.165, 1.54) is 25.1 Å². The van der Waals surface area contributed by atoms with Gasteiger partial charge in [-0.05, 0) is 32.3 Å². The molecular weight excluding hydrogens is 340 g/mol. The fourth-order valence-electron chi connectivity index (χ4n) is 3.14. The first kappa shape index (κ1) is 19.4. The van der Waals surface area contributed by atoms with Crippen LogP contribution in [0.15, 0.2) is 18.2 Å². The molecule has 0 radical (unpaired) electrons. The third-order valence-corrected chi connectivity index (χ3v) is 4.24. The maximum Gasteiger partial charge on any atom is 0.325 e. The number of urea groups is 1. The Morgan fingerprint density at radius 3 is 2.62 bits per heavy atom. The standard InChI is InChI=1S/C17H22N4O5/c1-10(2)8-17(4)15(23)20(16(24)19-17)9-14(22)18-12-6-5-7-13(11(12)3)21(25)26/h5-7,10H,8-9H2,1-4H3,(H,18,22)(H,19,24)/t17-/m1/s1. The van der Waals surface area contributed by atoms with Crippen molar-refractivity contribution in [2.75, 3.05) is 11.9 Å². The molecular formula is C17H22N4O5. The Hall–Kier alpha value is -2.97. The lowest BCUT2D eigenvalue weighted by molar-refractivity contribution is -0.385. The number of hydrogen-bond acceptors (Lipinski definition) is 5. The van der Waals surface area contributed by atoms with Crippen LogP contribution in [-0.2, 0) is 9.59 Å². The number of imide groups is 1. The third kappa shape index (κ3) is 3.81. The van der Waals surface area contributed by atoms with Gasteiger partial charge in [-0.25, -0.2) is 4.79 Å². The molecule has 2 rings (SSSR count). The van der Waals surface area contributed by atoms with Crippen LogP contribution in [0.25, 0.3) is 0 Å². The number of nitro groups is 1. The number of anilines is 1. The zero-order valence-electron chi connectivity index (χ0n) is 15.2. The molecule has 0 saturated carbocycles. The molecule has 1 aromatic rings. The van der Waals surface area contributed by atoms with Crippen LogP contribution in [0.3, 0.4) is 0 Å². The molecule has 9 nitrogen and oxygen atoms in total. The van der Waals surface area contributed by atoms with Gasteiger partial charge in [0, 0.05) is 6.07 Å². The fraction of sp³-hybridized carbons (Fsp3) is 0.471. The van der Waals surface area contributed by atoms with Gasteiger partial charge in [-0.3, -0.25) is 24.6 Å². The molecule has 4 amide bonds. The van der Waals surface area contributed by atoms with Crippen molar-refractivity contribution in [1.82, 2.24) is 10.2 Å². The lowest BCUT2D eigenvalue weighted by Gasteiger charge is -2.23. The molecule has 26 heavy (non-hydrogen) atoms. The number of carbonyl (C=O) groups excluding carboxylic acids is 3. The average Bonchev–Trinajstić information content (AvgIpc) is 2.71. The van der Waals surface area contributed by atoms with Crippen molar-refractivity contribution >= 4 is 29.2 Å². The number of nitrogens with one attached hydrogen (secondary N) is 2. The van der Waals surface area contributed by atoms with Crippen molar-refractivity contribution in [2.45, 2.75) is 39.7 Å². The Labute approximate surface area is 150 Å². The van der Waals surface area contributed by atoms with Crippen LogP contribution in [0.4, 0.5) is 16.2 Å². The van der Waals surface area contributed by atoms with Gasteiger partial charge < -0.3 is 10.6 Å².